The molecule has 1 aromatic heterocycles. The van der Waals surface area contributed by atoms with Crippen molar-refractivity contribution in [2.75, 3.05) is 19.0 Å². The Morgan fingerprint density at radius 2 is 2.38 bits per heavy atom. The van der Waals surface area contributed by atoms with E-state index in [1.807, 2.05) is 6.92 Å². The van der Waals surface area contributed by atoms with Crippen molar-refractivity contribution >= 4 is 22.9 Å². The van der Waals surface area contributed by atoms with Crippen LogP contribution in [-0.2, 0) is 6.54 Å². The molecule has 1 heterocycles. The summed E-state index contributed by atoms with van der Waals surface area (Å²) in [6.07, 6.45) is 0. The molecule has 0 aliphatic heterocycles. The number of hydrogen-bond acceptors (Lipinski definition) is 3. The maximum absolute atomic E-state index is 5.69. The van der Waals surface area contributed by atoms with Crippen molar-refractivity contribution in [3.05, 3.63) is 16.1 Å². The molecule has 0 amide bonds. The number of nitrogens with zero attached hydrogens (tertiary/aromatic N) is 2. The molecule has 0 aliphatic rings. The van der Waals surface area contributed by atoms with Crippen LogP contribution >= 0.6 is 22.9 Å². The lowest BCUT2D eigenvalue weighted by Crippen LogP contribution is -2.25. The van der Waals surface area contributed by atoms with Gasteiger partial charge in [-0.05, 0) is 13.5 Å². The second-order valence-electron chi connectivity index (χ2n) is 2.92. The SMILES string of the molecule is CCN(CCCl)Cc1csc(C)n1. The van der Waals surface area contributed by atoms with Gasteiger partial charge in [0.1, 0.15) is 0 Å². The van der Waals surface area contributed by atoms with Crippen molar-refractivity contribution in [3.8, 4) is 0 Å². The summed E-state index contributed by atoms with van der Waals surface area (Å²) in [7, 11) is 0. The predicted octanol–water partition coefficient (Wildman–Crippen LogP) is 2.51. The average molecular weight is 219 g/mol. The standard InChI is InChI=1S/C9H15ClN2S/c1-3-12(5-4-10)6-9-7-13-8(2)11-9/h7H,3-6H2,1-2H3. The molecule has 1 aromatic rings. The molecule has 0 unspecified atom stereocenters. The minimum absolute atomic E-state index is 0.691. The van der Waals surface area contributed by atoms with E-state index >= 15 is 0 Å². The van der Waals surface area contributed by atoms with E-state index in [0.29, 0.717) is 5.88 Å². The van der Waals surface area contributed by atoms with Gasteiger partial charge in [0.05, 0.1) is 10.7 Å². The number of alkyl halides is 1. The van der Waals surface area contributed by atoms with Gasteiger partial charge in [-0.2, -0.15) is 0 Å². The molecule has 1 rings (SSSR count). The second-order valence-corrected chi connectivity index (χ2v) is 4.36. The Morgan fingerprint density at radius 1 is 1.62 bits per heavy atom. The van der Waals surface area contributed by atoms with Gasteiger partial charge in [-0.3, -0.25) is 4.90 Å². The topological polar surface area (TPSA) is 16.1 Å². The van der Waals surface area contributed by atoms with Gasteiger partial charge in [0.15, 0.2) is 0 Å². The molecule has 0 radical (unpaired) electrons. The van der Waals surface area contributed by atoms with Crippen molar-refractivity contribution in [2.45, 2.75) is 20.4 Å². The van der Waals surface area contributed by atoms with Crippen molar-refractivity contribution in [3.63, 3.8) is 0 Å². The Hall–Kier alpha value is -0.120. The van der Waals surface area contributed by atoms with Gasteiger partial charge in [-0.1, -0.05) is 6.92 Å². The molecule has 2 nitrogen and oxygen atoms in total. The molecule has 0 saturated heterocycles. The fourth-order valence-electron chi connectivity index (χ4n) is 1.18. The highest BCUT2D eigenvalue weighted by atomic mass is 35.5. The smallest absolute Gasteiger partial charge is 0.0897 e. The van der Waals surface area contributed by atoms with Crippen molar-refractivity contribution in [1.29, 1.82) is 0 Å². The van der Waals surface area contributed by atoms with Crippen molar-refractivity contribution < 1.29 is 0 Å². The fourth-order valence-corrected chi connectivity index (χ4v) is 2.02. The van der Waals surface area contributed by atoms with E-state index in [1.165, 1.54) is 0 Å². The maximum Gasteiger partial charge on any atom is 0.0897 e. The highest BCUT2D eigenvalue weighted by molar-refractivity contribution is 7.09. The van der Waals surface area contributed by atoms with Crippen LogP contribution in [0.15, 0.2) is 5.38 Å². The summed E-state index contributed by atoms with van der Waals surface area (Å²) in [6, 6.07) is 0. The molecule has 0 N–H and O–H groups in total. The van der Waals surface area contributed by atoms with Crippen LogP contribution in [0.3, 0.4) is 0 Å². The van der Waals surface area contributed by atoms with Crippen LogP contribution < -0.4 is 0 Å². The maximum atomic E-state index is 5.69. The summed E-state index contributed by atoms with van der Waals surface area (Å²) in [5, 5.41) is 3.25. The number of rotatable bonds is 5. The van der Waals surface area contributed by atoms with Crippen LogP contribution in [0.4, 0.5) is 0 Å². The Morgan fingerprint density at radius 3 is 2.85 bits per heavy atom. The van der Waals surface area contributed by atoms with E-state index < -0.39 is 0 Å². The summed E-state index contributed by atoms with van der Waals surface area (Å²) < 4.78 is 0. The Labute approximate surface area is 88.5 Å². The summed E-state index contributed by atoms with van der Waals surface area (Å²) in [4.78, 5) is 6.71. The molecule has 4 heteroatoms. The first-order valence-corrected chi connectivity index (χ1v) is 5.87. The van der Waals surface area contributed by atoms with Crippen LogP contribution in [0.5, 0.6) is 0 Å². The first kappa shape index (κ1) is 11.0. The lowest BCUT2D eigenvalue weighted by Gasteiger charge is -2.17. The summed E-state index contributed by atoms with van der Waals surface area (Å²) in [5.74, 6) is 0.691. The monoisotopic (exact) mass is 218 g/mol. The second kappa shape index (κ2) is 5.58. The Kier molecular flexibility index (Phi) is 4.70. The Bertz CT molecular complexity index is 250. The zero-order chi connectivity index (χ0) is 9.68. The predicted molar refractivity (Wildman–Crippen MR) is 58.5 cm³/mol. The van der Waals surface area contributed by atoms with Gasteiger partial charge < -0.3 is 0 Å². The van der Waals surface area contributed by atoms with E-state index in [1.54, 1.807) is 11.3 Å². The number of aromatic nitrogens is 1. The highest BCUT2D eigenvalue weighted by Gasteiger charge is 2.04. The molecule has 0 atom stereocenters. The molecular weight excluding hydrogens is 204 g/mol. The number of halogens is 1. The van der Waals surface area contributed by atoms with E-state index in [9.17, 15) is 0 Å². The van der Waals surface area contributed by atoms with Gasteiger partial charge >= 0.3 is 0 Å². The molecule has 0 bridgehead atoms. The van der Waals surface area contributed by atoms with E-state index in [2.05, 4.69) is 22.2 Å². The zero-order valence-corrected chi connectivity index (χ0v) is 9.66. The summed E-state index contributed by atoms with van der Waals surface area (Å²) >= 11 is 7.39. The Balaban J connectivity index is 2.46. The van der Waals surface area contributed by atoms with Gasteiger partial charge in [-0.15, -0.1) is 22.9 Å². The lowest BCUT2D eigenvalue weighted by molar-refractivity contribution is 0.294. The third kappa shape index (κ3) is 3.63. The minimum Gasteiger partial charge on any atom is -0.297 e. The van der Waals surface area contributed by atoms with Crippen LogP contribution in [0.25, 0.3) is 0 Å². The third-order valence-corrected chi connectivity index (χ3v) is 2.89. The van der Waals surface area contributed by atoms with Crippen molar-refractivity contribution in [1.82, 2.24) is 9.88 Å². The summed E-state index contributed by atoms with van der Waals surface area (Å²) in [6.45, 7) is 7.07. The first-order chi connectivity index (χ1) is 6.26. The van der Waals surface area contributed by atoms with Crippen LogP contribution in [0, 0.1) is 6.92 Å². The van der Waals surface area contributed by atoms with Gasteiger partial charge in [0.25, 0.3) is 0 Å². The average Bonchev–Trinajstić information content (AvgIpc) is 2.50. The van der Waals surface area contributed by atoms with Crippen LogP contribution in [0.2, 0.25) is 0 Å². The van der Waals surface area contributed by atoms with Crippen LogP contribution in [-0.4, -0.2) is 28.9 Å². The van der Waals surface area contributed by atoms with Crippen LogP contribution in [0.1, 0.15) is 17.6 Å². The van der Waals surface area contributed by atoms with E-state index in [4.69, 9.17) is 11.6 Å². The molecule has 13 heavy (non-hydrogen) atoms. The molecular formula is C9H15ClN2S. The number of thiazole rings is 1. The molecule has 0 spiro atoms. The fraction of sp³-hybridized carbons (Fsp3) is 0.667. The third-order valence-electron chi connectivity index (χ3n) is 1.90. The van der Waals surface area contributed by atoms with E-state index in [-0.39, 0.29) is 0 Å². The molecule has 0 fully saturated rings. The molecule has 74 valence electrons. The van der Waals surface area contributed by atoms with E-state index in [0.717, 1.165) is 30.3 Å². The molecule has 0 aliphatic carbocycles. The number of aryl methyl sites for hydroxylation is 1. The quantitative estimate of drug-likeness (QED) is 0.707. The van der Waals surface area contributed by atoms with Gasteiger partial charge in [-0.25, -0.2) is 4.98 Å². The largest absolute Gasteiger partial charge is 0.297 e. The first-order valence-electron chi connectivity index (χ1n) is 4.45. The molecule has 0 aromatic carbocycles. The zero-order valence-electron chi connectivity index (χ0n) is 8.09. The lowest BCUT2D eigenvalue weighted by atomic mass is 10.4. The van der Waals surface area contributed by atoms with Gasteiger partial charge in [0, 0.05) is 24.3 Å². The molecule has 0 saturated carbocycles. The number of hydrogen-bond donors (Lipinski definition) is 0. The highest BCUT2D eigenvalue weighted by Crippen LogP contribution is 2.10. The normalized spacial score (nSPS) is 11.1. The van der Waals surface area contributed by atoms with Crippen molar-refractivity contribution in [2.24, 2.45) is 0 Å². The van der Waals surface area contributed by atoms with Gasteiger partial charge in [0.2, 0.25) is 0 Å². The minimum atomic E-state index is 0.691. The summed E-state index contributed by atoms with van der Waals surface area (Å²) in [5.41, 5.74) is 1.16.